The van der Waals surface area contributed by atoms with E-state index in [1.165, 1.54) is 6.07 Å². The quantitative estimate of drug-likeness (QED) is 0.237. The molecule has 1 saturated carbocycles. The molecule has 1 fully saturated rings. The molecule has 3 aromatic rings. The minimum absolute atomic E-state index is 0.000181. The molecular formula is C25H33F2N3O4Si. The van der Waals surface area contributed by atoms with E-state index in [9.17, 15) is 13.6 Å². The van der Waals surface area contributed by atoms with Crippen LogP contribution in [0, 0.1) is 0 Å². The highest BCUT2D eigenvalue weighted by Crippen LogP contribution is 2.39. The fourth-order valence-electron chi connectivity index (χ4n) is 3.95. The van der Waals surface area contributed by atoms with E-state index in [1.54, 1.807) is 12.1 Å². The van der Waals surface area contributed by atoms with Crippen LogP contribution in [0.4, 0.5) is 8.78 Å². The molecule has 0 amide bonds. The molecule has 0 radical (unpaired) electrons. The van der Waals surface area contributed by atoms with Crippen molar-refractivity contribution in [3.8, 4) is 22.8 Å². The van der Waals surface area contributed by atoms with Crippen LogP contribution in [0.1, 0.15) is 37.4 Å². The molecular weight excluding hydrogens is 472 g/mol. The third-order valence-corrected chi connectivity index (χ3v) is 7.62. The number of nitrogens with one attached hydrogen (secondary N) is 2. The fourth-order valence-corrected chi connectivity index (χ4v) is 4.71. The molecule has 0 atom stereocenters. The van der Waals surface area contributed by atoms with Crippen LogP contribution < -0.4 is 15.0 Å². The minimum Gasteiger partial charge on any atom is -0.487 e. The Morgan fingerprint density at radius 3 is 2.63 bits per heavy atom. The highest BCUT2D eigenvalue weighted by Gasteiger charge is 2.27. The molecule has 0 saturated heterocycles. The molecule has 0 bridgehead atoms. The molecule has 1 aromatic carbocycles. The summed E-state index contributed by atoms with van der Waals surface area (Å²) in [5, 5.41) is 7.42. The molecule has 2 N–H and O–H groups in total. The molecule has 4 rings (SSSR count). The summed E-state index contributed by atoms with van der Waals surface area (Å²) in [6.07, 6.45) is 3.26. The number of benzene rings is 1. The highest BCUT2D eigenvalue weighted by atomic mass is 28.3. The van der Waals surface area contributed by atoms with E-state index < -0.39 is 14.7 Å². The first-order valence-electron chi connectivity index (χ1n) is 12.1. The Bertz CT molecular complexity index is 1230. The number of ether oxygens (including phenoxy) is 3. The molecule has 2 heterocycles. The van der Waals surface area contributed by atoms with Gasteiger partial charge >= 0.3 is 6.61 Å². The molecule has 35 heavy (non-hydrogen) atoms. The van der Waals surface area contributed by atoms with Gasteiger partial charge in [0.15, 0.2) is 11.5 Å². The van der Waals surface area contributed by atoms with E-state index in [1.807, 2.05) is 6.92 Å². The van der Waals surface area contributed by atoms with E-state index in [0.29, 0.717) is 29.6 Å². The van der Waals surface area contributed by atoms with Crippen molar-refractivity contribution in [3.63, 3.8) is 0 Å². The highest BCUT2D eigenvalue weighted by molar-refractivity contribution is 6.76. The average Bonchev–Trinajstić information content (AvgIpc) is 3.51. The van der Waals surface area contributed by atoms with Gasteiger partial charge in [0, 0.05) is 20.2 Å². The van der Waals surface area contributed by atoms with Gasteiger partial charge in [0.2, 0.25) is 0 Å². The lowest BCUT2D eigenvalue weighted by molar-refractivity contribution is -0.0516. The maximum Gasteiger partial charge on any atom is 0.387 e. The van der Waals surface area contributed by atoms with Crippen LogP contribution >= 0.6 is 0 Å². The summed E-state index contributed by atoms with van der Waals surface area (Å²) in [6, 6.07) is 5.93. The Labute approximate surface area is 204 Å². The first-order chi connectivity index (χ1) is 16.7. The van der Waals surface area contributed by atoms with Crippen molar-refractivity contribution < 1.29 is 23.0 Å². The van der Waals surface area contributed by atoms with Gasteiger partial charge in [-0.1, -0.05) is 33.0 Å². The molecule has 0 aliphatic heterocycles. The standard InChI is InChI=1S/C25H33F2N3O4Si/c1-5-6-17-21-23(18(29-30-24(21)31)14-32-11-12-35(2,3)4)28-22(17)15-7-10-19(34-25(26)27)20(13-15)33-16-8-9-16/h7,10,13,16,25,28H,5-6,8-9,11-12,14H2,1-4H3,(H,30,31). The zero-order chi connectivity index (χ0) is 25.2. The van der Waals surface area contributed by atoms with Crippen LogP contribution in [0.15, 0.2) is 23.0 Å². The number of nitrogens with zero attached hydrogens (tertiary/aromatic N) is 1. The summed E-state index contributed by atoms with van der Waals surface area (Å²) < 4.78 is 42.3. The second-order valence-corrected chi connectivity index (χ2v) is 15.8. The lowest BCUT2D eigenvalue weighted by Crippen LogP contribution is -2.21. The summed E-state index contributed by atoms with van der Waals surface area (Å²) in [6.45, 7) is 6.89. The Hall–Kier alpha value is -2.72. The maximum atomic E-state index is 12.9. The molecule has 2 aromatic heterocycles. The summed E-state index contributed by atoms with van der Waals surface area (Å²) in [7, 11) is -1.23. The number of hydrogen-bond acceptors (Lipinski definition) is 5. The normalized spacial score (nSPS) is 14.1. The Morgan fingerprint density at radius 2 is 1.97 bits per heavy atom. The van der Waals surface area contributed by atoms with Gasteiger partial charge in [-0.05, 0) is 49.1 Å². The van der Waals surface area contributed by atoms with Gasteiger partial charge in [-0.25, -0.2) is 5.10 Å². The Morgan fingerprint density at radius 1 is 1.20 bits per heavy atom. The molecule has 1 aliphatic rings. The predicted molar refractivity (Wildman–Crippen MR) is 134 cm³/mol. The number of fused-ring (bicyclic) bond motifs is 1. The van der Waals surface area contributed by atoms with E-state index in [-0.39, 0.29) is 29.8 Å². The zero-order valence-electron chi connectivity index (χ0n) is 20.7. The van der Waals surface area contributed by atoms with Gasteiger partial charge in [0.05, 0.1) is 29.3 Å². The van der Waals surface area contributed by atoms with Crippen molar-refractivity contribution >= 4 is 19.0 Å². The number of rotatable bonds is 12. The number of aromatic nitrogens is 3. The minimum atomic E-state index is -2.95. The summed E-state index contributed by atoms with van der Waals surface area (Å²) in [5.41, 5.74) is 3.32. The van der Waals surface area contributed by atoms with Gasteiger partial charge in [-0.15, -0.1) is 0 Å². The molecule has 10 heteroatoms. The number of alkyl halides is 2. The SMILES string of the molecule is CCCc1c(-c2ccc(OC(F)F)c(OC3CC3)c2)[nH]c2c(COCC[Si](C)(C)C)n[nH]c(=O)c12. The van der Waals surface area contributed by atoms with Gasteiger partial charge in [0.25, 0.3) is 5.56 Å². The third-order valence-electron chi connectivity index (χ3n) is 5.91. The lowest BCUT2D eigenvalue weighted by Gasteiger charge is -2.15. The molecule has 0 unspecified atom stereocenters. The van der Waals surface area contributed by atoms with Crippen LogP contribution in [0.5, 0.6) is 11.5 Å². The third kappa shape index (κ3) is 6.29. The van der Waals surface area contributed by atoms with E-state index in [4.69, 9.17) is 9.47 Å². The van der Waals surface area contributed by atoms with E-state index in [0.717, 1.165) is 42.1 Å². The van der Waals surface area contributed by atoms with Gasteiger partial charge in [-0.2, -0.15) is 13.9 Å². The first kappa shape index (κ1) is 25.4. The number of halogens is 2. The maximum absolute atomic E-state index is 12.9. The first-order valence-corrected chi connectivity index (χ1v) is 15.8. The van der Waals surface area contributed by atoms with Crippen LogP contribution in [-0.4, -0.2) is 42.6 Å². The van der Waals surface area contributed by atoms with Crippen molar-refractivity contribution in [1.82, 2.24) is 15.2 Å². The van der Waals surface area contributed by atoms with Crippen molar-refractivity contribution in [2.45, 2.75) is 77.6 Å². The lowest BCUT2D eigenvalue weighted by atomic mass is 10.0. The summed E-state index contributed by atoms with van der Waals surface area (Å²) in [4.78, 5) is 16.2. The van der Waals surface area contributed by atoms with Crippen molar-refractivity contribution in [2.75, 3.05) is 6.61 Å². The molecule has 190 valence electrons. The number of hydrogen-bond donors (Lipinski definition) is 2. The number of aryl methyl sites for hydroxylation is 1. The fraction of sp³-hybridized carbons (Fsp3) is 0.520. The summed E-state index contributed by atoms with van der Waals surface area (Å²) in [5.74, 6) is 0.271. The Balaban J connectivity index is 1.73. The average molecular weight is 506 g/mol. The van der Waals surface area contributed by atoms with Gasteiger partial charge in [0.1, 0.15) is 5.69 Å². The molecule has 1 aliphatic carbocycles. The van der Waals surface area contributed by atoms with Gasteiger partial charge in [-0.3, -0.25) is 4.79 Å². The van der Waals surface area contributed by atoms with E-state index >= 15 is 0 Å². The summed E-state index contributed by atoms with van der Waals surface area (Å²) >= 11 is 0. The Kier molecular flexibility index (Phi) is 7.61. The second-order valence-electron chi connectivity index (χ2n) is 10.2. The van der Waals surface area contributed by atoms with Crippen LogP contribution in [-0.2, 0) is 17.8 Å². The zero-order valence-corrected chi connectivity index (χ0v) is 21.7. The molecule has 0 spiro atoms. The second kappa shape index (κ2) is 10.5. The largest absolute Gasteiger partial charge is 0.487 e. The van der Waals surface area contributed by atoms with Crippen LogP contribution in [0.25, 0.3) is 22.2 Å². The van der Waals surface area contributed by atoms with Crippen LogP contribution in [0.3, 0.4) is 0 Å². The predicted octanol–water partition coefficient (Wildman–Crippen LogP) is 5.87. The van der Waals surface area contributed by atoms with Crippen LogP contribution in [0.2, 0.25) is 25.7 Å². The number of H-pyrrole nitrogens is 2. The number of aromatic amines is 2. The van der Waals surface area contributed by atoms with Crippen molar-refractivity contribution in [3.05, 3.63) is 39.8 Å². The monoisotopic (exact) mass is 505 g/mol. The van der Waals surface area contributed by atoms with Crippen molar-refractivity contribution in [2.24, 2.45) is 0 Å². The topological polar surface area (TPSA) is 89.2 Å². The van der Waals surface area contributed by atoms with Crippen molar-refractivity contribution in [1.29, 1.82) is 0 Å². The molecule has 7 nitrogen and oxygen atoms in total. The van der Waals surface area contributed by atoms with Gasteiger partial charge < -0.3 is 19.2 Å². The smallest absolute Gasteiger partial charge is 0.387 e. The van der Waals surface area contributed by atoms with E-state index in [2.05, 4.69) is 39.6 Å².